The highest BCUT2D eigenvalue weighted by Gasteiger charge is 2.50. The van der Waals surface area contributed by atoms with Crippen LogP contribution in [-0.4, -0.2) is 16.1 Å². The van der Waals surface area contributed by atoms with Crippen molar-refractivity contribution in [1.82, 2.24) is 9.97 Å². The average Bonchev–Trinajstić information content (AvgIpc) is 3.32. The fourth-order valence-electron chi connectivity index (χ4n) is 4.83. The second-order valence-corrected chi connectivity index (χ2v) is 7.10. The molecule has 2 aromatic carbocycles. The van der Waals surface area contributed by atoms with Crippen LogP contribution in [0.2, 0.25) is 0 Å². The van der Waals surface area contributed by atoms with E-state index in [2.05, 4.69) is 76.5 Å². The van der Waals surface area contributed by atoms with E-state index in [4.69, 9.17) is 9.97 Å². The number of para-hydroxylation sites is 2. The molecule has 126 valence electrons. The molecule has 0 spiro atoms. The molecule has 3 unspecified atom stereocenters. The lowest BCUT2D eigenvalue weighted by atomic mass is 9.81. The number of rotatable bonds is 1. The van der Waals surface area contributed by atoms with Crippen LogP contribution < -0.4 is 9.80 Å². The molecule has 0 radical (unpaired) electrons. The highest BCUT2D eigenvalue weighted by atomic mass is 15.5. The molecular formula is C22H18N4. The highest BCUT2D eigenvalue weighted by molar-refractivity contribution is 5.86. The van der Waals surface area contributed by atoms with Gasteiger partial charge in [-0.2, -0.15) is 0 Å². The molecule has 0 N–H and O–H groups in total. The third kappa shape index (κ3) is 1.74. The molecule has 1 aromatic heterocycles. The lowest BCUT2D eigenvalue weighted by molar-refractivity contribution is 0.428. The number of benzene rings is 2. The Morgan fingerprint density at radius 1 is 0.808 bits per heavy atom. The van der Waals surface area contributed by atoms with Gasteiger partial charge in [0.1, 0.15) is 6.17 Å². The van der Waals surface area contributed by atoms with Crippen molar-refractivity contribution in [2.75, 3.05) is 9.80 Å². The van der Waals surface area contributed by atoms with Crippen LogP contribution in [0.4, 0.5) is 23.0 Å². The van der Waals surface area contributed by atoms with Gasteiger partial charge in [-0.3, -0.25) is 0 Å². The van der Waals surface area contributed by atoms with Crippen LogP contribution in [0.25, 0.3) is 0 Å². The molecule has 4 heteroatoms. The fourth-order valence-corrected chi connectivity index (χ4v) is 4.83. The van der Waals surface area contributed by atoms with Gasteiger partial charge in [0, 0.05) is 29.7 Å². The molecule has 6 rings (SSSR count). The van der Waals surface area contributed by atoms with Crippen LogP contribution in [-0.2, 0) is 0 Å². The van der Waals surface area contributed by atoms with Gasteiger partial charge in [-0.15, -0.1) is 0 Å². The monoisotopic (exact) mass is 338 g/mol. The van der Waals surface area contributed by atoms with Crippen molar-refractivity contribution >= 4 is 23.0 Å². The predicted molar refractivity (Wildman–Crippen MR) is 103 cm³/mol. The summed E-state index contributed by atoms with van der Waals surface area (Å²) in [6.07, 6.45) is 9.59. The smallest absolute Gasteiger partial charge is 0.178 e. The largest absolute Gasteiger partial charge is 0.301 e. The van der Waals surface area contributed by atoms with E-state index in [-0.39, 0.29) is 6.17 Å². The molecule has 3 aromatic rings. The van der Waals surface area contributed by atoms with E-state index in [1.54, 1.807) is 12.4 Å². The maximum absolute atomic E-state index is 4.73. The first-order valence-electron chi connectivity index (χ1n) is 9.13. The zero-order chi connectivity index (χ0) is 17.1. The first-order valence-corrected chi connectivity index (χ1v) is 9.13. The molecule has 0 saturated carbocycles. The molecule has 2 aliphatic heterocycles. The maximum Gasteiger partial charge on any atom is 0.178 e. The van der Waals surface area contributed by atoms with Gasteiger partial charge in [0.15, 0.2) is 11.6 Å². The summed E-state index contributed by atoms with van der Waals surface area (Å²) in [4.78, 5) is 14.2. The van der Waals surface area contributed by atoms with E-state index < -0.39 is 0 Å². The van der Waals surface area contributed by atoms with Crippen LogP contribution in [0, 0.1) is 5.92 Å². The maximum atomic E-state index is 4.73. The lowest BCUT2D eigenvalue weighted by Crippen LogP contribution is -2.48. The number of nitrogens with zero attached hydrogens (tertiary/aromatic N) is 4. The van der Waals surface area contributed by atoms with Crippen molar-refractivity contribution < 1.29 is 0 Å². The summed E-state index contributed by atoms with van der Waals surface area (Å²) < 4.78 is 0. The summed E-state index contributed by atoms with van der Waals surface area (Å²) in [5, 5.41) is 0. The van der Waals surface area contributed by atoms with Gasteiger partial charge in [-0.1, -0.05) is 48.6 Å². The van der Waals surface area contributed by atoms with Gasteiger partial charge in [0.25, 0.3) is 0 Å². The van der Waals surface area contributed by atoms with Crippen molar-refractivity contribution in [1.29, 1.82) is 0 Å². The summed E-state index contributed by atoms with van der Waals surface area (Å²) in [7, 11) is 0. The summed E-state index contributed by atoms with van der Waals surface area (Å²) in [5.74, 6) is 2.83. The second-order valence-electron chi connectivity index (χ2n) is 7.10. The van der Waals surface area contributed by atoms with Crippen LogP contribution in [0.15, 0.2) is 79.1 Å². The minimum Gasteiger partial charge on any atom is -0.301 e. The van der Waals surface area contributed by atoms with Crippen LogP contribution in [0.5, 0.6) is 0 Å². The normalized spacial score (nSPS) is 24.8. The van der Waals surface area contributed by atoms with Gasteiger partial charge >= 0.3 is 0 Å². The van der Waals surface area contributed by atoms with E-state index in [1.807, 2.05) is 0 Å². The molecule has 0 saturated heterocycles. The van der Waals surface area contributed by atoms with Gasteiger partial charge in [0.05, 0.1) is 0 Å². The second kappa shape index (κ2) is 5.18. The highest BCUT2D eigenvalue weighted by Crippen LogP contribution is 2.56. The third-order valence-corrected chi connectivity index (χ3v) is 5.83. The molecule has 0 bridgehead atoms. The Hall–Kier alpha value is -3.14. The number of aromatic nitrogens is 2. The quantitative estimate of drug-likeness (QED) is 0.599. The molecule has 3 aliphatic rings. The van der Waals surface area contributed by atoms with E-state index >= 15 is 0 Å². The van der Waals surface area contributed by atoms with Crippen molar-refractivity contribution in [3.05, 3.63) is 84.7 Å². The molecule has 1 aliphatic carbocycles. The Morgan fingerprint density at radius 2 is 1.54 bits per heavy atom. The van der Waals surface area contributed by atoms with E-state index in [9.17, 15) is 0 Å². The van der Waals surface area contributed by atoms with Gasteiger partial charge < -0.3 is 9.80 Å². The lowest BCUT2D eigenvalue weighted by Gasteiger charge is -2.43. The summed E-state index contributed by atoms with van der Waals surface area (Å²) in [6.45, 7) is 0. The predicted octanol–water partition coefficient (Wildman–Crippen LogP) is 4.77. The molecule has 3 atom stereocenters. The summed E-state index contributed by atoms with van der Waals surface area (Å²) in [5.41, 5.74) is 3.85. The Labute approximate surface area is 152 Å². The third-order valence-electron chi connectivity index (χ3n) is 5.83. The number of anilines is 4. The summed E-state index contributed by atoms with van der Waals surface area (Å²) in [6, 6.07) is 19.3. The molecule has 0 amide bonds. The number of hydrogen-bond acceptors (Lipinski definition) is 4. The zero-order valence-electron chi connectivity index (χ0n) is 14.2. The standard InChI is InChI=1S/C22H18N4/c1-2-7-15(8-3-1)25-20-21(24-14-13-23-20)26-19-12-5-4-9-17(19)16-10-6-11-18(16)22(25)26/h1-9,11-14,16,18,22H,10H2. The number of allylic oxidation sites excluding steroid dienone is 1. The number of fused-ring (bicyclic) bond motifs is 8. The Morgan fingerprint density at radius 3 is 2.38 bits per heavy atom. The van der Waals surface area contributed by atoms with E-state index in [0.29, 0.717) is 11.8 Å². The zero-order valence-corrected chi connectivity index (χ0v) is 14.2. The van der Waals surface area contributed by atoms with Crippen LogP contribution in [0.1, 0.15) is 17.9 Å². The van der Waals surface area contributed by atoms with Crippen LogP contribution >= 0.6 is 0 Å². The molecule has 3 heterocycles. The molecule has 4 nitrogen and oxygen atoms in total. The van der Waals surface area contributed by atoms with E-state index in [0.717, 1.165) is 18.1 Å². The van der Waals surface area contributed by atoms with Gasteiger partial charge in [-0.25, -0.2) is 9.97 Å². The van der Waals surface area contributed by atoms with Crippen molar-refractivity contribution in [2.45, 2.75) is 18.5 Å². The van der Waals surface area contributed by atoms with Crippen molar-refractivity contribution in [3.8, 4) is 0 Å². The Kier molecular flexibility index (Phi) is 2.80. The SMILES string of the molecule is C1=CC2C(C1)c1ccccc1N1c3nccnc3N(c3ccccc3)C21. The summed E-state index contributed by atoms with van der Waals surface area (Å²) >= 11 is 0. The molecule has 0 fully saturated rings. The van der Waals surface area contributed by atoms with Crippen LogP contribution in [0.3, 0.4) is 0 Å². The topological polar surface area (TPSA) is 32.3 Å². The minimum atomic E-state index is 0.174. The van der Waals surface area contributed by atoms with Crippen molar-refractivity contribution in [2.24, 2.45) is 5.92 Å². The van der Waals surface area contributed by atoms with E-state index in [1.165, 1.54) is 16.9 Å². The number of hydrogen-bond donors (Lipinski definition) is 0. The average molecular weight is 338 g/mol. The Balaban J connectivity index is 1.64. The van der Waals surface area contributed by atoms with Gasteiger partial charge in [-0.05, 0) is 36.1 Å². The van der Waals surface area contributed by atoms with Gasteiger partial charge in [0.2, 0.25) is 0 Å². The fraction of sp³-hybridized carbons (Fsp3) is 0.182. The first kappa shape index (κ1) is 14.1. The Bertz CT molecular complexity index is 1010. The molecule has 26 heavy (non-hydrogen) atoms. The van der Waals surface area contributed by atoms with Crippen molar-refractivity contribution in [3.63, 3.8) is 0 Å². The minimum absolute atomic E-state index is 0.174. The first-order chi connectivity index (χ1) is 12.9. The molecular weight excluding hydrogens is 320 g/mol.